The first-order valence-electron chi connectivity index (χ1n) is 9.22. The van der Waals surface area contributed by atoms with Crippen molar-refractivity contribution < 1.29 is 18.9 Å². The van der Waals surface area contributed by atoms with Crippen LogP contribution in [0.15, 0.2) is 24.3 Å². The molecule has 27 heavy (non-hydrogen) atoms. The molecule has 0 atom stereocenters. The summed E-state index contributed by atoms with van der Waals surface area (Å²) in [4.78, 5) is 2.46. The summed E-state index contributed by atoms with van der Waals surface area (Å²) < 4.78 is 22.5. The molecule has 0 aliphatic carbocycles. The zero-order valence-electron chi connectivity index (χ0n) is 16.1. The second-order valence-electron chi connectivity index (χ2n) is 7.62. The Morgan fingerprint density at radius 2 is 1.81 bits per heavy atom. The van der Waals surface area contributed by atoms with Gasteiger partial charge < -0.3 is 23.8 Å². The van der Waals surface area contributed by atoms with Crippen LogP contribution in [0.4, 0.5) is 0 Å². The fourth-order valence-corrected chi connectivity index (χ4v) is 4.64. The van der Waals surface area contributed by atoms with Gasteiger partial charge in [0.05, 0.1) is 19.8 Å². The van der Waals surface area contributed by atoms with Crippen LogP contribution in [0.3, 0.4) is 0 Å². The topological polar surface area (TPSA) is 40.2 Å². The van der Waals surface area contributed by atoms with E-state index in [2.05, 4.69) is 43.0 Å². The van der Waals surface area contributed by atoms with Crippen molar-refractivity contribution in [3.05, 3.63) is 46.5 Å². The van der Waals surface area contributed by atoms with Gasteiger partial charge in [0.25, 0.3) is 0 Å². The maximum absolute atomic E-state index is 5.76. The van der Waals surface area contributed by atoms with Gasteiger partial charge in [-0.2, -0.15) is 0 Å². The normalized spacial score (nSPS) is 18.2. The van der Waals surface area contributed by atoms with Crippen LogP contribution in [-0.4, -0.2) is 32.5 Å². The Morgan fingerprint density at radius 3 is 2.56 bits per heavy atom. The van der Waals surface area contributed by atoms with Gasteiger partial charge in [-0.15, -0.1) is 0 Å². The van der Waals surface area contributed by atoms with Crippen LogP contribution in [-0.2, 0) is 12.0 Å². The Morgan fingerprint density at radius 1 is 1.04 bits per heavy atom. The number of nitrogens with zero attached hydrogens (tertiary/aromatic N) is 1. The minimum atomic E-state index is -0.229. The van der Waals surface area contributed by atoms with Crippen molar-refractivity contribution in [3.63, 3.8) is 0 Å². The lowest BCUT2D eigenvalue weighted by molar-refractivity contribution is 0.174. The number of rotatable bonds is 2. The number of fused-ring (bicyclic) bond motifs is 5. The second-order valence-corrected chi connectivity index (χ2v) is 7.62. The lowest BCUT2D eigenvalue weighted by atomic mass is 9.79. The van der Waals surface area contributed by atoms with Crippen molar-refractivity contribution in [2.24, 2.45) is 0 Å². The van der Waals surface area contributed by atoms with Gasteiger partial charge in [-0.25, -0.2) is 0 Å². The number of hydrogen-bond donors (Lipinski definition) is 0. The first-order chi connectivity index (χ1) is 13.0. The molecule has 0 saturated carbocycles. The van der Waals surface area contributed by atoms with E-state index in [1.165, 1.54) is 16.8 Å². The molecule has 5 heteroatoms. The highest BCUT2D eigenvalue weighted by Gasteiger charge is 2.41. The molecule has 5 rings (SSSR count). The van der Waals surface area contributed by atoms with Gasteiger partial charge in [0.15, 0.2) is 23.0 Å². The Bertz CT molecular complexity index is 977. The van der Waals surface area contributed by atoms with Gasteiger partial charge in [0, 0.05) is 23.4 Å². The van der Waals surface area contributed by atoms with Gasteiger partial charge in [-0.05, 0) is 55.7 Å². The molecule has 0 N–H and O–H groups in total. The summed E-state index contributed by atoms with van der Waals surface area (Å²) in [5.41, 5.74) is 5.85. The molecule has 0 amide bonds. The lowest BCUT2D eigenvalue weighted by Gasteiger charge is -2.48. The smallest absolute Gasteiger partial charge is 0.231 e. The molecule has 3 aliphatic rings. The molecule has 0 spiro atoms. The van der Waals surface area contributed by atoms with Gasteiger partial charge in [-0.1, -0.05) is 6.07 Å². The van der Waals surface area contributed by atoms with E-state index in [-0.39, 0.29) is 5.54 Å². The van der Waals surface area contributed by atoms with E-state index < -0.39 is 0 Å². The van der Waals surface area contributed by atoms with Crippen molar-refractivity contribution in [2.75, 3.05) is 27.6 Å². The van der Waals surface area contributed by atoms with Gasteiger partial charge in [0.2, 0.25) is 6.79 Å². The molecule has 2 aromatic rings. The highest BCUT2D eigenvalue weighted by molar-refractivity contribution is 5.88. The van der Waals surface area contributed by atoms with Gasteiger partial charge in [0.1, 0.15) is 0 Å². The van der Waals surface area contributed by atoms with E-state index in [1.807, 2.05) is 6.07 Å². The second kappa shape index (κ2) is 5.59. The van der Waals surface area contributed by atoms with Crippen molar-refractivity contribution >= 4 is 11.8 Å². The largest absolute Gasteiger partial charge is 0.493 e. The minimum absolute atomic E-state index is 0.229. The maximum atomic E-state index is 5.76. The molecule has 0 radical (unpaired) electrons. The molecule has 3 heterocycles. The summed E-state index contributed by atoms with van der Waals surface area (Å²) in [6, 6.07) is 8.35. The molecule has 2 aromatic carbocycles. The summed E-state index contributed by atoms with van der Waals surface area (Å²) in [5.74, 6) is 3.26. The van der Waals surface area contributed by atoms with Crippen LogP contribution >= 0.6 is 0 Å². The SMILES string of the molecule is COc1ccc2c(c1OC)C(C)(C)N1CCc3cc4c(cc3C1=C2)OCO4. The standard InChI is InChI=1S/C22H23NO4/c1-22(2)20-14(5-6-17(24-3)21(20)25-4)9-16-15-11-19-18(26-12-27-19)10-13(15)7-8-23(16)22/h5-6,9-11H,7-8,12H2,1-4H3. The molecule has 0 aromatic heterocycles. The molecular formula is C22H23NO4. The first-order valence-corrected chi connectivity index (χ1v) is 9.22. The van der Waals surface area contributed by atoms with E-state index in [0.29, 0.717) is 6.79 Å². The zero-order valence-corrected chi connectivity index (χ0v) is 16.1. The van der Waals surface area contributed by atoms with E-state index in [0.717, 1.165) is 47.1 Å². The fraction of sp³-hybridized carbons (Fsp3) is 0.364. The number of ether oxygens (including phenoxy) is 4. The van der Waals surface area contributed by atoms with E-state index in [1.54, 1.807) is 14.2 Å². The summed E-state index contributed by atoms with van der Waals surface area (Å²) in [6.07, 6.45) is 3.22. The Kier molecular flexibility index (Phi) is 3.39. The number of benzene rings is 2. The van der Waals surface area contributed by atoms with Crippen LogP contribution in [0, 0.1) is 0 Å². The van der Waals surface area contributed by atoms with Gasteiger partial charge in [-0.3, -0.25) is 0 Å². The Hall–Kier alpha value is -2.82. The van der Waals surface area contributed by atoms with E-state index in [9.17, 15) is 0 Å². The van der Waals surface area contributed by atoms with Crippen LogP contribution in [0.2, 0.25) is 0 Å². The van der Waals surface area contributed by atoms with Crippen LogP contribution in [0.5, 0.6) is 23.0 Å². The molecular weight excluding hydrogens is 342 g/mol. The summed E-state index contributed by atoms with van der Waals surface area (Å²) >= 11 is 0. The lowest BCUT2D eigenvalue weighted by Crippen LogP contribution is -2.46. The molecule has 3 aliphatic heterocycles. The highest BCUT2D eigenvalue weighted by Crippen LogP contribution is 2.51. The van der Waals surface area contributed by atoms with Crippen LogP contribution < -0.4 is 18.9 Å². The summed E-state index contributed by atoms with van der Waals surface area (Å²) in [7, 11) is 3.39. The quantitative estimate of drug-likeness (QED) is 0.803. The minimum Gasteiger partial charge on any atom is -0.493 e. The van der Waals surface area contributed by atoms with E-state index in [4.69, 9.17) is 18.9 Å². The average molecular weight is 365 g/mol. The summed E-state index contributed by atoms with van der Waals surface area (Å²) in [5, 5.41) is 0. The Balaban J connectivity index is 1.74. The number of methoxy groups -OCH3 is 2. The van der Waals surface area contributed by atoms with Crippen molar-refractivity contribution in [3.8, 4) is 23.0 Å². The van der Waals surface area contributed by atoms with Crippen molar-refractivity contribution in [2.45, 2.75) is 25.8 Å². The van der Waals surface area contributed by atoms with Crippen LogP contribution in [0.1, 0.15) is 36.1 Å². The maximum Gasteiger partial charge on any atom is 0.231 e. The molecule has 0 saturated heterocycles. The van der Waals surface area contributed by atoms with E-state index >= 15 is 0 Å². The van der Waals surface area contributed by atoms with Gasteiger partial charge >= 0.3 is 0 Å². The van der Waals surface area contributed by atoms with Crippen LogP contribution in [0.25, 0.3) is 11.8 Å². The predicted molar refractivity (Wildman–Crippen MR) is 103 cm³/mol. The Labute approximate surface area is 159 Å². The molecule has 140 valence electrons. The van der Waals surface area contributed by atoms with Crippen molar-refractivity contribution in [1.29, 1.82) is 0 Å². The zero-order chi connectivity index (χ0) is 18.8. The highest BCUT2D eigenvalue weighted by atomic mass is 16.7. The molecule has 5 nitrogen and oxygen atoms in total. The third kappa shape index (κ3) is 2.17. The monoisotopic (exact) mass is 365 g/mol. The third-order valence-corrected chi connectivity index (χ3v) is 5.93. The molecule has 0 fully saturated rings. The first kappa shape index (κ1) is 16.4. The summed E-state index contributed by atoms with van der Waals surface area (Å²) in [6.45, 7) is 5.73. The predicted octanol–water partition coefficient (Wildman–Crippen LogP) is 4.04. The van der Waals surface area contributed by atoms with Crippen molar-refractivity contribution in [1.82, 2.24) is 4.90 Å². The number of hydrogen-bond acceptors (Lipinski definition) is 5. The molecule has 0 unspecified atom stereocenters. The fourth-order valence-electron chi connectivity index (χ4n) is 4.64. The molecule has 0 bridgehead atoms. The third-order valence-electron chi connectivity index (χ3n) is 5.93. The average Bonchev–Trinajstić information content (AvgIpc) is 3.12.